The highest BCUT2D eigenvalue weighted by atomic mass is 32.1. The summed E-state index contributed by atoms with van der Waals surface area (Å²) in [6, 6.07) is 4.39. The normalized spacial score (nSPS) is 10.5. The number of hydrogen-bond acceptors (Lipinski definition) is 4. The molecule has 0 unspecified atom stereocenters. The summed E-state index contributed by atoms with van der Waals surface area (Å²) < 4.78 is 18.2. The van der Waals surface area contributed by atoms with Crippen molar-refractivity contribution in [2.24, 2.45) is 0 Å². The summed E-state index contributed by atoms with van der Waals surface area (Å²) in [6.45, 7) is 0. The van der Waals surface area contributed by atoms with Crippen molar-refractivity contribution in [3.05, 3.63) is 29.0 Å². The van der Waals surface area contributed by atoms with Crippen molar-refractivity contribution >= 4 is 27.5 Å². The number of carbonyl (C=O) groups is 1. The first-order chi connectivity index (χ1) is 7.19. The fourth-order valence-corrected chi connectivity index (χ4v) is 2.15. The van der Waals surface area contributed by atoms with Crippen LogP contribution < -0.4 is 0 Å². The van der Waals surface area contributed by atoms with Crippen molar-refractivity contribution < 1.29 is 13.9 Å². The van der Waals surface area contributed by atoms with E-state index in [4.69, 9.17) is 0 Å². The highest BCUT2D eigenvalue weighted by Crippen LogP contribution is 2.23. The molecular weight excluding hydrogens is 217 g/mol. The fourth-order valence-electron chi connectivity index (χ4n) is 1.22. The van der Waals surface area contributed by atoms with Gasteiger partial charge >= 0.3 is 5.97 Å². The van der Waals surface area contributed by atoms with Gasteiger partial charge in [-0.3, -0.25) is 4.79 Å². The van der Waals surface area contributed by atoms with Gasteiger partial charge in [0.1, 0.15) is 10.8 Å². The highest BCUT2D eigenvalue weighted by Gasteiger charge is 2.09. The Bertz CT molecular complexity index is 509. The maximum atomic E-state index is 12.8. The fraction of sp³-hybridized carbons (Fsp3) is 0.200. The highest BCUT2D eigenvalue weighted by molar-refractivity contribution is 7.18. The lowest BCUT2D eigenvalue weighted by Gasteiger charge is -1.92. The van der Waals surface area contributed by atoms with Crippen LogP contribution >= 0.6 is 11.3 Å². The molecule has 2 aromatic rings. The Balaban J connectivity index is 2.34. The van der Waals surface area contributed by atoms with Crippen molar-refractivity contribution in [2.75, 3.05) is 7.11 Å². The molecule has 78 valence electrons. The first-order valence-electron chi connectivity index (χ1n) is 4.31. The molecule has 0 saturated carbocycles. The van der Waals surface area contributed by atoms with Crippen LogP contribution in [0.15, 0.2) is 18.2 Å². The van der Waals surface area contributed by atoms with Crippen molar-refractivity contribution in [1.82, 2.24) is 4.98 Å². The van der Waals surface area contributed by atoms with Gasteiger partial charge in [0.2, 0.25) is 0 Å². The van der Waals surface area contributed by atoms with Gasteiger partial charge in [-0.25, -0.2) is 9.37 Å². The molecule has 0 saturated heterocycles. The van der Waals surface area contributed by atoms with Gasteiger partial charge in [-0.2, -0.15) is 0 Å². The minimum atomic E-state index is -0.338. The predicted molar refractivity (Wildman–Crippen MR) is 55.3 cm³/mol. The maximum Gasteiger partial charge on any atom is 0.312 e. The Morgan fingerprint density at radius 1 is 1.60 bits per heavy atom. The number of carbonyl (C=O) groups excluding carboxylic acids is 1. The van der Waals surface area contributed by atoms with E-state index in [1.807, 2.05) is 0 Å². The molecule has 2 rings (SSSR count). The Hall–Kier alpha value is -1.49. The molecule has 0 aliphatic heterocycles. The zero-order valence-corrected chi connectivity index (χ0v) is 8.81. The van der Waals surface area contributed by atoms with Crippen LogP contribution in [0.3, 0.4) is 0 Å². The number of nitrogens with zero attached hydrogens (tertiary/aromatic N) is 1. The largest absolute Gasteiger partial charge is 0.469 e. The zero-order chi connectivity index (χ0) is 10.8. The first kappa shape index (κ1) is 10.0. The number of esters is 1. The van der Waals surface area contributed by atoms with Gasteiger partial charge in [0, 0.05) is 6.07 Å². The minimum Gasteiger partial charge on any atom is -0.469 e. The molecule has 0 aliphatic carbocycles. The van der Waals surface area contributed by atoms with Crippen molar-refractivity contribution in [2.45, 2.75) is 6.42 Å². The molecule has 0 N–H and O–H groups in total. The molecule has 15 heavy (non-hydrogen) atoms. The van der Waals surface area contributed by atoms with Crippen LogP contribution in [0.25, 0.3) is 10.2 Å². The molecular formula is C10H8FNO2S. The number of aromatic nitrogens is 1. The molecule has 1 aromatic heterocycles. The molecule has 0 aliphatic rings. The molecule has 0 spiro atoms. The monoisotopic (exact) mass is 225 g/mol. The molecule has 0 radical (unpaired) electrons. The summed E-state index contributed by atoms with van der Waals surface area (Å²) in [5.74, 6) is -0.660. The number of thiazole rings is 1. The number of rotatable bonds is 2. The predicted octanol–water partition coefficient (Wildman–Crippen LogP) is 2.15. The van der Waals surface area contributed by atoms with E-state index >= 15 is 0 Å². The third-order valence-electron chi connectivity index (χ3n) is 1.92. The van der Waals surface area contributed by atoms with Crippen LogP contribution in [0.5, 0.6) is 0 Å². The standard InChI is InChI=1S/C10H8FNO2S/c1-14-10(13)5-9-12-7-4-6(11)2-3-8(7)15-9/h2-4H,5H2,1H3. The maximum absolute atomic E-state index is 12.8. The van der Waals surface area contributed by atoms with Crippen LogP contribution in [0.1, 0.15) is 5.01 Å². The summed E-state index contributed by atoms with van der Waals surface area (Å²) in [5, 5.41) is 0.641. The van der Waals surface area contributed by atoms with Gasteiger partial charge in [0.25, 0.3) is 0 Å². The Morgan fingerprint density at radius 3 is 3.13 bits per heavy atom. The van der Waals surface area contributed by atoms with E-state index in [-0.39, 0.29) is 18.2 Å². The molecule has 1 aromatic carbocycles. The van der Waals surface area contributed by atoms with E-state index < -0.39 is 0 Å². The molecule has 5 heteroatoms. The SMILES string of the molecule is COC(=O)Cc1nc2cc(F)ccc2s1. The molecule has 3 nitrogen and oxygen atoms in total. The number of benzene rings is 1. The van der Waals surface area contributed by atoms with E-state index in [1.54, 1.807) is 6.07 Å². The van der Waals surface area contributed by atoms with Gasteiger partial charge in [0.15, 0.2) is 0 Å². The summed E-state index contributed by atoms with van der Waals surface area (Å²) in [7, 11) is 1.33. The summed E-state index contributed by atoms with van der Waals surface area (Å²) in [6.07, 6.45) is 0.136. The first-order valence-corrected chi connectivity index (χ1v) is 5.12. The number of fused-ring (bicyclic) bond motifs is 1. The number of methoxy groups -OCH3 is 1. The minimum absolute atomic E-state index is 0.136. The molecule has 0 fully saturated rings. The summed E-state index contributed by atoms with van der Waals surface area (Å²) in [5.41, 5.74) is 0.582. The van der Waals surface area contributed by atoms with Crippen LogP contribution in [0.4, 0.5) is 4.39 Å². The second-order valence-corrected chi connectivity index (χ2v) is 4.09. The van der Waals surface area contributed by atoms with Crippen LogP contribution in [-0.4, -0.2) is 18.1 Å². The van der Waals surface area contributed by atoms with Crippen molar-refractivity contribution in [1.29, 1.82) is 0 Å². The van der Waals surface area contributed by atoms with Crippen LogP contribution in [-0.2, 0) is 16.0 Å². The second-order valence-electron chi connectivity index (χ2n) is 2.97. The quantitative estimate of drug-likeness (QED) is 0.735. The molecule has 0 amide bonds. The van der Waals surface area contributed by atoms with Gasteiger partial charge in [-0.1, -0.05) is 0 Å². The van der Waals surface area contributed by atoms with E-state index in [0.29, 0.717) is 10.5 Å². The number of hydrogen-bond donors (Lipinski definition) is 0. The van der Waals surface area contributed by atoms with Crippen LogP contribution in [0.2, 0.25) is 0 Å². The molecule has 0 atom stereocenters. The Morgan fingerprint density at radius 2 is 2.40 bits per heavy atom. The Kier molecular flexibility index (Phi) is 2.64. The van der Waals surface area contributed by atoms with Crippen molar-refractivity contribution in [3.8, 4) is 0 Å². The summed E-state index contributed by atoms with van der Waals surface area (Å²) in [4.78, 5) is 15.1. The van der Waals surface area contributed by atoms with Gasteiger partial charge in [-0.05, 0) is 12.1 Å². The second kappa shape index (κ2) is 3.94. The van der Waals surface area contributed by atoms with E-state index in [9.17, 15) is 9.18 Å². The Labute approximate surface area is 89.5 Å². The smallest absolute Gasteiger partial charge is 0.312 e. The van der Waals surface area contributed by atoms with E-state index in [0.717, 1.165) is 4.70 Å². The molecule has 1 heterocycles. The van der Waals surface area contributed by atoms with Crippen LogP contribution in [0, 0.1) is 5.82 Å². The van der Waals surface area contributed by atoms with Gasteiger partial charge < -0.3 is 4.74 Å². The molecule has 0 bridgehead atoms. The average molecular weight is 225 g/mol. The lowest BCUT2D eigenvalue weighted by Crippen LogP contribution is -2.03. The summed E-state index contributed by atoms with van der Waals surface area (Å²) >= 11 is 1.37. The van der Waals surface area contributed by atoms with Gasteiger partial charge in [-0.15, -0.1) is 11.3 Å². The lowest BCUT2D eigenvalue weighted by atomic mass is 10.3. The van der Waals surface area contributed by atoms with E-state index in [2.05, 4.69) is 9.72 Å². The van der Waals surface area contributed by atoms with Gasteiger partial charge in [0.05, 0.1) is 23.7 Å². The average Bonchev–Trinajstić information content (AvgIpc) is 2.59. The lowest BCUT2D eigenvalue weighted by molar-refractivity contribution is -0.139. The number of halogens is 1. The zero-order valence-electron chi connectivity index (χ0n) is 7.99. The number of ether oxygens (including phenoxy) is 1. The topological polar surface area (TPSA) is 39.2 Å². The third-order valence-corrected chi connectivity index (χ3v) is 2.95. The van der Waals surface area contributed by atoms with Crippen molar-refractivity contribution in [3.63, 3.8) is 0 Å². The van der Waals surface area contributed by atoms with E-state index in [1.165, 1.54) is 30.6 Å². The third kappa shape index (κ3) is 2.12.